The molecular formula is C16H16N4O3S. The number of esters is 1. The van der Waals surface area contributed by atoms with Crippen molar-refractivity contribution < 1.29 is 13.9 Å². The monoisotopic (exact) mass is 344 g/mol. The summed E-state index contributed by atoms with van der Waals surface area (Å²) in [5.74, 6) is 1.30. The number of rotatable bonds is 5. The van der Waals surface area contributed by atoms with Gasteiger partial charge in [-0.3, -0.25) is 0 Å². The average Bonchev–Trinajstić information content (AvgIpc) is 3.19. The van der Waals surface area contributed by atoms with E-state index in [0.717, 1.165) is 5.69 Å². The first-order chi connectivity index (χ1) is 11.6. The lowest BCUT2D eigenvalue weighted by molar-refractivity contribution is 0.0599. The average molecular weight is 344 g/mol. The minimum absolute atomic E-state index is 0.406. The third-order valence-electron chi connectivity index (χ3n) is 3.44. The molecule has 0 aliphatic rings. The lowest BCUT2D eigenvalue weighted by Gasteiger charge is -2.03. The van der Waals surface area contributed by atoms with E-state index in [1.807, 2.05) is 31.2 Å². The highest BCUT2D eigenvalue weighted by Gasteiger charge is 2.16. The largest absolute Gasteiger partial charge is 0.465 e. The Bertz CT molecular complexity index is 855. The van der Waals surface area contributed by atoms with Crippen LogP contribution in [-0.2, 0) is 10.5 Å². The van der Waals surface area contributed by atoms with Gasteiger partial charge in [-0.05, 0) is 42.5 Å². The van der Waals surface area contributed by atoms with Crippen LogP contribution in [0.1, 0.15) is 27.4 Å². The standard InChI is InChI=1S/C16H16N4O3S/c1-10-4-6-12(7-5-10)20-16(17-18-19-20)24-9-13-8-14(11(2)23-13)15(21)22-3/h4-8H,9H2,1-3H3. The maximum absolute atomic E-state index is 11.6. The van der Waals surface area contributed by atoms with Crippen LogP contribution < -0.4 is 0 Å². The van der Waals surface area contributed by atoms with Crippen LogP contribution in [0.25, 0.3) is 5.69 Å². The zero-order valence-corrected chi connectivity index (χ0v) is 14.3. The molecule has 0 atom stereocenters. The van der Waals surface area contributed by atoms with E-state index in [-0.39, 0.29) is 0 Å². The fourth-order valence-corrected chi connectivity index (χ4v) is 2.95. The zero-order chi connectivity index (χ0) is 17.1. The lowest BCUT2D eigenvalue weighted by atomic mass is 10.2. The minimum Gasteiger partial charge on any atom is -0.465 e. The fourth-order valence-electron chi connectivity index (χ4n) is 2.18. The van der Waals surface area contributed by atoms with E-state index >= 15 is 0 Å². The molecule has 0 radical (unpaired) electrons. The van der Waals surface area contributed by atoms with Crippen molar-refractivity contribution in [2.24, 2.45) is 0 Å². The second kappa shape index (κ2) is 6.88. The minimum atomic E-state index is -0.406. The second-order valence-electron chi connectivity index (χ2n) is 5.17. The van der Waals surface area contributed by atoms with Crippen LogP contribution in [0.15, 0.2) is 39.9 Å². The highest BCUT2D eigenvalue weighted by molar-refractivity contribution is 7.98. The number of benzene rings is 1. The van der Waals surface area contributed by atoms with Crippen LogP contribution in [0.4, 0.5) is 0 Å². The van der Waals surface area contributed by atoms with Crippen molar-refractivity contribution in [3.05, 3.63) is 53.0 Å². The van der Waals surface area contributed by atoms with Gasteiger partial charge in [0.1, 0.15) is 17.1 Å². The van der Waals surface area contributed by atoms with E-state index in [1.165, 1.54) is 24.4 Å². The van der Waals surface area contributed by atoms with Crippen LogP contribution in [0, 0.1) is 13.8 Å². The zero-order valence-electron chi connectivity index (χ0n) is 13.5. The van der Waals surface area contributed by atoms with Gasteiger partial charge in [-0.2, -0.15) is 4.68 Å². The quantitative estimate of drug-likeness (QED) is 0.520. The van der Waals surface area contributed by atoms with Gasteiger partial charge in [0.15, 0.2) is 0 Å². The van der Waals surface area contributed by atoms with Crippen LogP contribution >= 0.6 is 11.8 Å². The molecule has 0 N–H and O–H groups in total. The number of furan rings is 1. The molecule has 2 aromatic heterocycles. The van der Waals surface area contributed by atoms with Crippen LogP contribution in [-0.4, -0.2) is 33.3 Å². The molecule has 3 rings (SSSR count). The van der Waals surface area contributed by atoms with Crippen LogP contribution in [0.2, 0.25) is 0 Å². The molecule has 1 aromatic carbocycles. The summed E-state index contributed by atoms with van der Waals surface area (Å²) in [5, 5.41) is 12.4. The van der Waals surface area contributed by atoms with Gasteiger partial charge < -0.3 is 9.15 Å². The summed E-state index contributed by atoms with van der Waals surface area (Å²) in [4.78, 5) is 11.6. The number of tetrazole rings is 1. The van der Waals surface area contributed by atoms with Crippen molar-refractivity contribution in [1.29, 1.82) is 0 Å². The van der Waals surface area contributed by atoms with Crippen molar-refractivity contribution in [2.75, 3.05) is 7.11 Å². The molecule has 124 valence electrons. The first kappa shape index (κ1) is 16.3. The van der Waals surface area contributed by atoms with Gasteiger partial charge in [0.25, 0.3) is 0 Å². The predicted octanol–water partition coefficient (Wildman–Crippen LogP) is 2.95. The number of thioether (sulfide) groups is 1. The Morgan fingerprint density at radius 2 is 2.04 bits per heavy atom. The molecule has 0 amide bonds. The van der Waals surface area contributed by atoms with E-state index in [9.17, 15) is 4.79 Å². The Morgan fingerprint density at radius 3 is 2.75 bits per heavy atom. The first-order valence-electron chi connectivity index (χ1n) is 7.24. The summed E-state index contributed by atoms with van der Waals surface area (Å²) in [6.45, 7) is 3.76. The lowest BCUT2D eigenvalue weighted by Crippen LogP contribution is -2.00. The molecule has 2 heterocycles. The van der Waals surface area contributed by atoms with Crippen molar-refractivity contribution in [3.63, 3.8) is 0 Å². The number of aryl methyl sites for hydroxylation is 2. The van der Waals surface area contributed by atoms with Gasteiger partial charge in [-0.1, -0.05) is 29.5 Å². The van der Waals surface area contributed by atoms with Gasteiger partial charge in [-0.25, -0.2) is 4.79 Å². The van der Waals surface area contributed by atoms with E-state index in [0.29, 0.717) is 28.0 Å². The van der Waals surface area contributed by atoms with Crippen molar-refractivity contribution in [2.45, 2.75) is 24.8 Å². The number of methoxy groups -OCH3 is 1. The molecule has 0 aliphatic carbocycles. The summed E-state index contributed by atoms with van der Waals surface area (Å²) in [6.07, 6.45) is 0. The normalized spacial score (nSPS) is 10.8. The van der Waals surface area contributed by atoms with Gasteiger partial charge in [0.2, 0.25) is 5.16 Å². The third-order valence-corrected chi connectivity index (χ3v) is 4.38. The van der Waals surface area contributed by atoms with Crippen molar-refractivity contribution in [1.82, 2.24) is 20.2 Å². The molecule has 0 aliphatic heterocycles. The van der Waals surface area contributed by atoms with Crippen LogP contribution in [0.3, 0.4) is 0 Å². The molecule has 0 unspecified atom stereocenters. The highest BCUT2D eigenvalue weighted by atomic mass is 32.2. The molecule has 8 heteroatoms. The summed E-state index contributed by atoms with van der Waals surface area (Å²) in [6, 6.07) is 9.62. The Hall–Kier alpha value is -2.61. The molecule has 0 saturated carbocycles. The highest BCUT2D eigenvalue weighted by Crippen LogP contribution is 2.25. The maximum atomic E-state index is 11.6. The van der Waals surface area contributed by atoms with Gasteiger partial charge in [0, 0.05) is 0 Å². The fraction of sp³-hybridized carbons (Fsp3) is 0.250. The number of nitrogens with zero attached hydrogens (tertiary/aromatic N) is 4. The summed E-state index contributed by atoms with van der Waals surface area (Å²) < 4.78 is 12.0. The molecule has 0 fully saturated rings. The smallest absolute Gasteiger partial charge is 0.341 e. The first-order valence-corrected chi connectivity index (χ1v) is 8.23. The van der Waals surface area contributed by atoms with Gasteiger partial charge in [-0.15, -0.1) is 5.10 Å². The molecule has 7 nitrogen and oxygen atoms in total. The Morgan fingerprint density at radius 1 is 1.29 bits per heavy atom. The number of hydrogen-bond donors (Lipinski definition) is 0. The SMILES string of the molecule is COC(=O)c1cc(CSc2nnnn2-c2ccc(C)cc2)oc1C. The second-order valence-corrected chi connectivity index (χ2v) is 6.11. The number of carbonyl (C=O) groups excluding carboxylic acids is 1. The van der Waals surface area contributed by atoms with E-state index in [1.54, 1.807) is 17.7 Å². The predicted molar refractivity (Wildman–Crippen MR) is 88.2 cm³/mol. The number of carbonyl (C=O) groups is 1. The van der Waals surface area contributed by atoms with E-state index in [2.05, 4.69) is 15.5 Å². The Balaban J connectivity index is 1.75. The summed E-state index contributed by atoms with van der Waals surface area (Å²) in [5.41, 5.74) is 2.49. The van der Waals surface area contributed by atoms with Gasteiger partial charge in [0.05, 0.1) is 18.6 Å². The maximum Gasteiger partial charge on any atom is 0.341 e. The Labute approximate surface area is 143 Å². The molecule has 0 spiro atoms. The molecule has 24 heavy (non-hydrogen) atoms. The van der Waals surface area contributed by atoms with Crippen molar-refractivity contribution >= 4 is 17.7 Å². The van der Waals surface area contributed by atoms with Gasteiger partial charge >= 0.3 is 5.97 Å². The molecule has 0 bridgehead atoms. The van der Waals surface area contributed by atoms with Crippen LogP contribution in [0.5, 0.6) is 0 Å². The van der Waals surface area contributed by atoms with E-state index < -0.39 is 5.97 Å². The Kier molecular flexibility index (Phi) is 4.66. The topological polar surface area (TPSA) is 83.0 Å². The number of aromatic nitrogens is 4. The molecule has 3 aromatic rings. The van der Waals surface area contributed by atoms with E-state index in [4.69, 9.17) is 9.15 Å². The third kappa shape index (κ3) is 3.33. The molecule has 0 saturated heterocycles. The summed E-state index contributed by atoms with van der Waals surface area (Å²) >= 11 is 1.43. The molecular weight excluding hydrogens is 328 g/mol. The van der Waals surface area contributed by atoms with Crippen molar-refractivity contribution in [3.8, 4) is 5.69 Å². The summed E-state index contributed by atoms with van der Waals surface area (Å²) in [7, 11) is 1.35. The number of ether oxygens (including phenoxy) is 1. The number of hydrogen-bond acceptors (Lipinski definition) is 7.